The maximum atomic E-state index is 11.0. The Morgan fingerprint density at radius 2 is 2.33 bits per heavy atom. The van der Waals surface area contributed by atoms with Crippen LogP contribution in [0.15, 0.2) is 24.3 Å². The van der Waals surface area contributed by atoms with Gasteiger partial charge in [0.15, 0.2) is 0 Å². The molecule has 0 radical (unpaired) electrons. The van der Waals surface area contributed by atoms with Crippen LogP contribution in [0.5, 0.6) is 5.75 Å². The van der Waals surface area contributed by atoms with Gasteiger partial charge in [-0.2, -0.15) is 0 Å². The first kappa shape index (κ1) is 9.98. The lowest BCUT2D eigenvalue weighted by atomic mass is 9.99. The molecular weight excluding hydrogens is 192 g/mol. The van der Waals surface area contributed by atoms with Crippen LogP contribution in [0.25, 0.3) is 0 Å². The van der Waals surface area contributed by atoms with E-state index in [0.29, 0.717) is 13.0 Å². The van der Waals surface area contributed by atoms with E-state index in [1.165, 1.54) is 0 Å². The van der Waals surface area contributed by atoms with Gasteiger partial charge in [0.25, 0.3) is 0 Å². The molecule has 2 unspecified atom stereocenters. The summed E-state index contributed by atoms with van der Waals surface area (Å²) in [7, 11) is 0. The maximum Gasteiger partial charge on any atom is 0.221 e. The van der Waals surface area contributed by atoms with E-state index >= 15 is 0 Å². The Kier molecular flexibility index (Phi) is 2.60. The van der Waals surface area contributed by atoms with Gasteiger partial charge in [0.1, 0.15) is 5.75 Å². The third kappa shape index (κ3) is 2.10. The molecule has 1 amide bonds. The van der Waals surface area contributed by atoms with Gasteiger partial charge in [-0.3, -0.25) is 4.79 Å². The summed E-state index contributed by atoms with van der Waals surface area (Å²) in [6.07, 6.45) is 0.707. The van der Waals surface area contributed by atoms with Crippen LogP contribution in [0, 0.1) is 5.92 Å². The molecule has 1 aliphatic rings. The number of phenolic OH excluding ortho intramolecular Hbond substituents is 1. The highest BCUT2D eigenvalue weighted by Crippen LogP contribution is 2.28. The first-order valence-electron chi connectivity index (χ1n) is 4.98. The largest absolute Gasteiger partial charge is 0.508 e. The zero-order chi connectivity index (χ0) is 10.8. The molecule has 1 saturated heterocycles. The summed E-state index contributed by atoms with van der Waals surface area (Å²) in [5, 5.41) is 12.5. The van der Waals surface area contributed by atoms with Crippen molar-refractivity contribution in [3.05, 3.63) is 29.8 Å². The lowest BCUT2D eigenvalue weighted by Crippen LogP contribution is -2.24. The summed E-state index contributed by atoms with van der Waals surface area (Å²) in [5.74, 6) is -0.112. The van der Waals surface area contributed by atoms with Crippen molar-refractivity contribution in [1.29, 1.82) is 0 Å². The Morgan fingerprint density at radius 1 is 1.53 bits per heavy atom. The molecular formula is C11H14N2O2. The highest BCUT2D eigenvalue weighted by atomic mass is 16.3. The van der Waals surface area contributed by atoms with Gasteiger partial charge in [0, 0.05) is 12.6 Å². The minimum atomic E-state index is -0.259. The van der Waals surface area contributed by atoms with E-state index in [-0.39, 0.29) is 23.6 Å². The number of hydrogen-bond acceptors (Lipinski definition) is 3. The van der Waals surface area contributed by atoms with E-state index in [1.54, 1.807) is 18.2 Å². The van der Waals surface area contributed by atoms with Gasteiger partial charge in [0.05, 0.1) is 5.92 Å². The molecule has 1 heterocycles. The number of nitrogens with two attached hydrogens (primary N) is 1. The number of phenols is 1. The minimum absolute atomic E-state index is 0.0997. The van der Waals surface area contributed by atoms with E-state index in [4.69, 9.17) is 5.73 Å². The number of carbonyl (C=O) groups excluding carboxylic acids is 1. The number of amides is 1. The number of primary amides is 1. The van der Waals surface area contributed by atoms with Crippen LogP contribution < -0.4 is 11.1 Å². The van der Waals surface area contributed by atoms with Gasteiger partial charge in [-0.25, -0.2) is 0 Å². The van der Waals surface area contributed by atoms with Crippen LogP contribution in [0.2, 0.25) is 0 Å². The van der Waals surface area contributed by atoms with Crippen molar-refractivity contribution >= 4 is 5.91 Å². The molecule has 15 heavy (non-hydrogen) atoms. The van der Waals surface area contributed by atoms with Gasteiger partial charge in [-0.05, 0) is 24.1 Å². The smallest absolute Gasteiger partial charge is 0.221 e. The average molecular weight is 206 g/mol. The lowest BCUT2D eigenvalue weighted by Gasteiger charge is -2.10. The Hall–Kier alpha value is -1.55. The number of aromatic hydroxyl groups is 1. The molecule has 1 aromatic rings. The van der Waals surface area contributed by atoms with Gasteiger partial charge in [-0.15, -0.1) is 0 Å². The van der Waals surface area contributed by atoms with E-state index in [2.05, 4.69) is 5.32 Å². The van der Waals surface area contributed by atoms with Gasteiger partial charge >= 0.3 is 0 Å². The molecule has 1 fully saturated rings. The van der Waals surface area contributed by atoms with E-state index in [1.807, 2.05) is 6.07 Å². The lowest BCUT2D eigenvalue weighted by molar-refractivity contribution is -0.121. The fourth-order valence-electron chi connectivity index (χ4n) is 1.95. The molecule has 2 rings (SSSR count). The Balaban J connectivity index is 2.11. The Bertz CT molecular complexity index is 379. The number of benzene rings is 1. The topological polar surface area (TPSA) is 75.4 Å². The number of rotatable bonds is 2. The zero-order valence-electron chi connectivity index (χ0n) is 8.31. The van der Waals surface area contributed by atoms with Crippen molar-refractivity contribution in [3.8, 4) is 5.75 Å². The summed E-state index contributed by atoms with van der Waals surface area (Å²) in [6.45, 7) is 0.621. The number of carbonyl (C=O) groups is 1. The molecule has 80 valence electrons. The molecule has 1 aromatic carbocycles. The van der Waals surface area contributed by atoms with Gasteiger partial charge < -0.3 is 16.2 Å². The van der Waals surface area contributed by atoms with Crippen LogP contribution in [0.4, 0.5) is 0 Å². The van der Waals surface area contributed by atoms with Crippen molar-refractivity contribution in [2.24, 2.45) is 11.7 Å². The van der Waals surface area contributed by atoms with Crippen molar-refractivity contribution in [2.45, 2.75) is 12.5 Å². The molecule has 4 heteroatoms. The Morgan fingerprint density at radius 3 is 2.93 bits per heavy atom. The molecule has 4 N–H and O–H groups in total. The highest BCUT2D eigenvalue weighted by molar-refractivity contribution is 5.77. The standard InChI is InChI=1S/C11H14N2O2/c12-11(15)8-5-10(13-6-8)7-2-1-3-9(14)4-7/h1-4,8,10,13-14H,5-6H2,(H2,12,15). The molecule has 2 atom stereocenters. The van der Waals surface area contributed by atoms with Crippen LogP contribution in [0.1, 0.15) is 18.0 Å². The van der Waals surface area contributed by atoms with Gasteiger partial charge in [-0.1, -0.05) is 12.1 Å². The predicted molar refractivity (Wildman–Crippen MR) is 56.2 cm³/mol. The fraction of sp³-hybridized carbons (Fsp3) is 0.364. The fourth-order valence-corrected chi connectivity index (χ4v) is 1.95. The second-order valence-corrected chi connectivity index (χ2v) is 3.89. The van der Waals surface area contributed by atoms with Crippen molar-refractivity contribution in [2.75, 3.05) is 6.54 Å². The molecule has 0 spiro atoms. The molecule has 4 nitrogen and oxygen atoms in total. The first-order valence-corrected chi connectivity index (χ1v) is 4.98. The monoisotopic (exact) mass is 206 g/mol. The van der Waals surface area contributed by atoms with Crippen LogP contribution in [-0.2, 0) is 4.79 Å². The number of hydrogen-bond donors (Lipinski definition) is 3. The van der Waals surface area contributed by atoms with Crippen LogP contribution in [-0.4, -0.2) is 17.6 Å². The summed E-state index contributed by atoms with van der Waals surface area (Å²) in [5.41, 5.74) is 6.24. The maximum absolute atomic E-state index is 11.0. The summed E-state index contributed by atoms with van der Waals surface area (Å²) in [4.78, 5) is 11.0. The van der Waals surface area contributed by atoms with E-state index in [0.717, 1.165) is 5.56 Å². The van der Waals surface area contributed by atoms with Crippen molar-refractivity contribution < 1.29 is 9.90 Å². The predicted octanol–water partition coefficient (Wildman–Crippen LogP) is 0.528. The third-order valence-electron chi connectivity index (χ3n) is 2.81. The van der Waals surface area contributed by atoms with Crippen LogP contribution >= 0.6 is 0 Å². The SMILES string of the molecule is NC(=O)C1CNC(c2cccc(O)c2)C1. The molecule has 0 saturated carbocycles. The zero-order valence-corrected chi connectivity index (χ0v) is 8.31. The highest BCUT2D eigenvalue weighted by Gasteiger charge is 2.28. The summed E-state index contributed by atoms with van der Waals surface area (Å²) >= 11 is 0. The molecule has 0 aromatic heterocycles. The van der Waals surface area contributed by atoms with E-state index < -0.39 is 0 Å². The molecule has 0 bridgehead atoms. The second-order valence-electron chi connectivity index (χ2n) is 3.89. The van der Waals surface area contributed by atoms with Crippen molar-refractivity contribution in [1.82, 2.24) is 5.32 Å². The van der Waals surface area contributed by atoms with Gasteiger partial charge in [0.2, 0.25) is 5.91 Å². The molecule has 0 aliphatic carbocycles. The van der Waals surface area contributed by atoms with Crippen molar-refractivity contribution in [3.63, 3.8) is 0 Å². The second kappa shape index (κ2) is 3.90. The third-order valence-corrected chi connectivity index (χ3v) is 2.81. The van der Waals surface area contributed by atoms with E-state index in [9.17, 15) is 9.90 Å². The first-order chi connectivity index (χ1) is 7.16. The molecule has 1 aliphatic heterocycles. The average Bonchev–Trinajstić information content (AvgIpc) is 2.66. The summed E-state index contributed by atoms with van der Waals surface area (Å²) < 4.78 is 0. The normalized spacial score (nSPS) is 25.3. The summed E-state index contributed by atoms with van der Waals surface area (Å²) in [6, 6.07) is 7.19. The van der Waals surface area contributed by atoms with Crippen LogP contribution in [0.3, 0.4) is 0 Å². The number of nitrogens with one attached hydrogen (secondary N) is 1. The quantitative estimate of drug-likeness (QED) is 0.660. The Labute approximate surface area is 88.1 Å². The minimum Gasteiger partial charge on any atom is -0.508 e.